The van der Waals surface area contributed by atoms with Gasteiger partial charge in [-0.3, -0.25) is 14.6 Å². The molecule has 0 saturated heterocycles. The first kappa shape index (κ1) is 20.3. The Morgan fingerprint density at radius 1 is 0.967 bits per heavy atom. The number of rotatable bonds is 6. The molecule has 1 N–H and O–H groups in total. The molecule has 0 spiro atoms. The van der Waals surface area contributed by atoms with Crippen molar-refractivity contribution in [2.75, 3.05) is 5.01 Å². The van der Waals surface area contributed by atoms with E-state index in [4.69, 9.17) is 5.10 Å². The van der Waals surface area contributed by atoms with Gasteiger partial charge in [0.1, 0.15) is 5.71 Å². The highest BCUT2D eigenvalue weighted by Gasteiger charge is 2.42. The lowest BCUT2D eigenvalue weighted by molar-refractivity contribution is -0.122. The Morgan fingerprint density at radius 2 is 1.60 bits per heavy atom. The molecule has 0 radical (unpaired) electrons. The first-order chi connectivity index (χ1) is 14.6. The quantitative estimate of drug-likeness (QED) is 0.775. The third-order valence-electron chi connectivity index (χ3n) is 6.11. The Morgan fingerprint density at radius 3 is 2.23 bits per heavy atom. The summed E-state index contributed by atoms with van der Waals surface area (Å²) < 4.78 is 0. The van der Waals surface area contributed by atoms with Crippen LogP contribution in [0.5, 0.6) is 0 Å². The minimum atomic E-state index is -0.239. The maximum atomic E-state index is 13.0. The maximum absolute atomic E-state index is 13.0. The zero-order valence-electron chi connectivity index (χ0n) is 17.5. The van der Waals surface area contributed by atoms with Gasteiger partial charge in [-0.1, -0.05) is 67.8 Å². The highest BCUT2D eigenvalue weighted by Crippen LogP contribution is 2.37. The average molecular weight is 404 g/mol. The van der Waals surface area contributed by atoms with Gasteiger partial charge in [0.15, 0.2) is 5.78 Å². The van der Waals surface area contributed by atoms with Gasteiger partial charge >= 0.3 is 0 Å². The molecule has 2 aliphatic rings. The SMILES string of the molecule is CC(=O)C1=NN(c2ccccc2)[C@@H](CC(=O)NC2CCCCC2)[C@H]1c1ccccc1. The third kappa shape index (κ3) is 4.45. The van der Waals surface area contributed by atoms with E-state index in [2.05, 4.69) is 5.32 Å². The predicted molar refractivity (Wildman–Crippen MR) is 120 cm³/mol. The van der Waals surface area contributed by atoms with Crippen molar-refractivity contribution in [1.82, 2.24) is 5.32 Å². The van der Waals surface area contributed by atoms with Crippen LogP contribution in [0.1, 0.15) is 56.9 Å². The smallest absolute Gasteiger partial charge is 0.222 e. The van der Waals surface area contributed by atoms with Crippen molar-refractivity contribution in [3.63, 3.8) is 0 Å². The van der Waals surface area contributed by atoms with Gasteiger partial charge in [0.25, 0.3) is 0 Å². The highest BCUT2D eigenvalue weighted by molar-refractivity contribution is 6.42. The Balaban J connectivity index is 1.64. The van der Waals surface area contributed by atoms with Crippen LogP contribution >= 0.6 is 0 Å². The second kappa shape index (κ2) is 9.24. The standard InChI is InChI=1S/C25H29N3O2/c1-18(29)25-24(19-11-5-2-6-12-19)22(28(27-25)21-15-9-4-10-16-21)17-23(30)26-20-13-7-3-8-14-20/h2,4-6,9-12,15-16,20,22,24H,3,7-8,13-14,17H2,1H3,(H,26,30)/t22-,24+/m0/s1. The van der Waals surface area contributed by atoms with Gasteiger partial charge in [0.2, 0.25) is 5.91 Å². The molecule has 0 bridgehead atoms. The third-order valence-corrected chi connectivity index (χ3v) is 6.11. The zero-order valence-corrected chi connectivity index (χ0v) is 17.5. The van der Waals surface area contributed by atoms with Crippen LogP contribution in [0.2, 0.25) is 0 Å². The lowest BCUT2D eigenvalue weighted by atomic mass is 9.84. The molecule has 1 saturated carbocycles. The summed E-state index contributed by atoms with van der Waals surface area (Å²) in [7, 11) is 0. The summed E-state index contributed by atoms with van der Waals surface area (Å²) in [4.78, 5) is 25.5. The highest BCUT2D eigenvalue weighted by atomic mass is 16.1. The number of ketones is 1. The monoisotopic (exact) mass is 403 g/mol. The molecule has 1 amide bonds. The minimum absolute atomic E-state index is 0.0359. The minimum Gasteiger partial charge on any atom is -0.353 e. The number of hydrogen-bond acceptors (Lipinski definition) is 4. The summed E-state index contributed by atoms with van der Waals surface area (Å²) in [5.41, 5.74) is 2.42. The average Bonchev–Trinajstić information content (AvgIpc) is 3.15. The van der Waals surface area contributed by atoms with Gasteiger partial charge in [-0.05, 0) is 30.5 Å². The summed E-state index contributed by atoms with van der Waals surface area (Å²) >= 11 is 0. The van der Waals surface area contributed by atoms with Gasteiger partial charge in [0, 0.05) is 13.0 Å². The van der Waals surface area contributed by atoms with E-state index in [9.17, 15) is 9.59 Å². The van der Waals surface area contributed by atoms with Crippen LogP contribution in [0.3, 0.4) is 0 Å². The van der Waals surface area contributed by atoms with Crippen molar-refractivity contribution in [3.05, 3.63) is 66.2 Å². The number of nitrogens with one attached hydrogen (secondary N) is 1. The van der Waals surface area contributed by atoms with Crippen molar-refractivity contribution in [3.8, 4) is 0 Å². The van der Waals surface area contributed by atoms with E-state index < -0.39 is 0 Å². The number of amides is 1. The number of hydrazone groups is 1. The van der Waals surface area contributed by atoms with E-state index in [1.807, 2.05) is 65.7 Å². The van der Waals surface area contributed by atoms with Gasteiger partial charge < -0.3 is 5.32 Å². The Bertz CT molecular complexity index is 905. The molecule has 156 valence electrons. The van der Waals surface area contributed by atoms with Crippen molar-refractivity contribution < 1.29 is 9.59 Å². The summed E-state index contributed by atoms with van der Waals surface area (Å²) in [6.07, 6.45) is 6.00. The molecule has 1 aliphatic heterocycles. The number of para-hydroxylation sites is 1. The van der Waals surface area contributed by atoms with Crippen LogP contribution in [-0.4, -0.2) is 29.5 Å². The number of nitrogens with zero attached hydrogens (tertiary/aromatic N) is 2. The Kier molecular flexibility index (Phi) is 6.26. The van der Waals surface area contributed by atoms with Crippen LogP contribution in [-0.2, 0) is 9.59 Å². The van der Waals surface area contributed by atoms with Crippen molar-refractivity contribution >= 4 is 23.1 Å². The second-order valence-electron chi connectivity index (χ2n) is 8.28. The van der Waals surface area contributed by atoms with Crippen LogP contribution in [0.15, 0.2) is 65.8 Å². The fourth-order valence-corrected chi connectivity index (χ4v) is 4.66. The lowest BCUT2D eigenvalue weighted by Crippen LogP contribution is -2.42. The van der Waals surface area contributed by atoms with Gasteiger partial charge in [0.05, 0.1) is 24.1 Å². The molecule has 0 unspecified atom stereocenters. The molecule has 2 aromatic carbocycles. The molecule has 2 aromatic rings. The Labute approximate surface area is 178 Å². The van der Waals surface area contributed by atoms with Gasteiger partial charge in [-0.2, -0.15) is 5.10 Å². The molecule has 1 aliphatic carbocycles. The molecule has 30 heavy (non-hydrogen) atoms. The summed E-state index contributed by atoms with van der Waals surface area (Å²) in [5.74, 6) is -0.255. The Hall–Kier alpha value is -2.95. The van der Waals surface area contributed by atoms with Crippen molar-refractivity contribution in [1.29, 1.82) is 0 Å². The molecule has 1 heterocycles. The maximum Gasteiger partial charge on any atom is 0.222 e. The fraction of sp³-hybridized carbons (Fsp3) is 0.400. The number of benzene rings is 2. The normalized spacial score (nSPS) is 21.9. The van der Waals surface area contributed by atoms with Crippen LogP contribution in [0.4, 0.5) is 5.69 Å². The van der Waals surface area contributed by atoms with E-state index in [1.54, 1.807) is 6.92 Å². The van der Waals surface area contributed by atoms with Gasteiger partial charge in [-0.15, -0.1) is 0 Å². The largest absolute Gasteiger partial charge is 0.353 e. The summed E-state index contributed by atoms with van der Waals surface area (Å²) in [5, 5.41) is 9.82. The van der Waals surface area contributed by atoms with Crippen LogP contribution in [0, 0.1) is 0 Å². The second-order valence-corrected chi connectivity index (χ2v) is 8.28. The van der Waals surface area contributed by atoms with Crippen LogP contribution in [0.25, 0.3) is 0 Å². The van der Waals surface area contributed by atoms with Crippen molar-refractivity contribution in [2.45, 2.75) is 63.5 Å². The molecular formula is C25H29N3O2. The van der Waals surface area contributed by atoms with E-state index in [1.165, 1.54) is 19.3 Å². The molecular weight excluding hydrogens is 374 g/mol. The van der Waals surface area contributed by atoms with Crippen molar-refractivity contribution in [2.24, 2.45) is 5.10 Å². The van der Waals surface area contributed by atoms with Gasteiger partial charge in [-0.25, -0.2) is 0 Å². The van der Waals surface area contributed by atoms with E-state index in [-0.39, 0.29) is 29.7 Å². The lowest BCUT2D eigenvalue weighted by Gasteiger charge is -2.29. The molecule has 5 nitrogen and oxygen atoms in total. The summed E-state index contributed by atoms with van der Waals surface area (Å²) in [6, 6.07) is 19.8. The van der Waals surface area contributed by atoms with E-state index >= 15 is 0 Å². The van der Waals surface area contributed by atoms with Crippen LogP contribution < -0.4 is 10.3 Å². The summed E-state index contributed by atoms with van der Waals surface area (Å²) in [6.45, 7) is 1.56. The van der Waals surface area contributed by atoms with E-state index in [0.29, 0.717) is 12.1 Å². The fourth-order valence-electron chi connectivity index (χ4n) is 4.66. The number of carbonyl (C=O) groups is 2. The zero-order chi connectivity index (χ0) is 20.9. The molecule has 5 heteroatoms. The molecule has 4 rings (SSSR count). The first-order valence-electron chi connectivity index (χ1n) is 10.9. The first-order valence-corrected chi connectivity index (χ1v) is 10.9. The predicted octanol–water partition coefficient (Wildman–Crippen LogP) is 4.44. The molecule has 2 atom stereocenters. The molecule has 1 fully saturated rings. The number of hydrogen-bond donors (Lipinski definition) is 1. The molecule has 0 aromatic heterocycles. The number of Topliss-reactive ketones (excluding diaryl/α,β-unsaturated/α-hetero) is 1. The van der Waals surface area contributed by atoms with E-state index in [0.717, 1.165) is 24.1 Å². The number of anilines is 1. The topological polar surface area (TPSA) is 61.8 Å². The number of carbonyl (C=O) groups excluding carboxylic acids is 2.